The van der Waals surface area contributed by atoms with Crippen LogP contribution in [0.25, 0.3) is 0 Å². The van der Waals surface area contributed by atoms with Crippen LogP contribution in [0.1, 0.15) is 36.8 Å². The van der Waals surface area contributed by atoms with Crippen molar-refractivity contribution in [1.82, 2.24) is 9.97 Å². The van der Waals surface area contributed by atoms with E-state index in [2.05, 4.69) is 15.3 Å². The lowest BCUT2D eigenvalue weighted by Gasteiger charge is -2.04. The van der Waals surface area contributed by atoms with Crippen molar-refractivity contribution in [3.8, 4) is 0 Å². The number of H-pyrrole nitrogens is 1. The van der Waals surface area contributed by atoms with E-state index >= 15 is 0 Å². The number of benzene rings is 1. The Hall–Kier alpha value is -3.68. The maximum atomic E-state index is 14.1. The summed E-state index contributed by atoms with van der Waals surface area (Å²) < 4.78 is 28.0. The summed E-state index contributed by atoms with van der Waals surface area (Å²) in [7, 11) is 0. The minimum atomic E-state index is -1.24. The van der Waals surface area contributed by atoms with Gasteiger partial charge in [0.2, 0.25) is 5.78 Å². The lowest BCUT2D eigenvalue weighted by molar-refractivity contribution is 0.102. The fourth-order valence-electron chi connectivity index (χ4n) is 2.30. The number of pyridine rings is 1. The van der Waals surface area contributed by atoms with Crippen LogP contribution in [0.4, 0.5) is 14.5 Å². The molecule has 2 aromatic heterocycles. The van der Waals surface area contributed by atoms with Gasteiger partial charge in [-0.2, -0.15) is 0 Å². The molecule has 130 valence electrons. The molecule has 3 aromatic rings. The normalized spacial score (nSPS) is 10.4. The molecule has 0 spiro atoms. The summed E-state index contributed by atoms with van der Waals surface area (Å²) in [5.41, 5.74) is -0.949. The van der Waals surface area contributed by atoms with Gasteiger partial charge in [0.05, 0.1) is 23.0 Å². The minimum absolute atomic E-state index is 0.0181. The second-order valence-corrected chi connectivity index (χ2v) is 5.27. The van der Waals surface area contributed by atoms with Gasteiger partial charge in [0.1, 0.15) is 17.3 Å². The lowest BCUT2D eigenvalue weighted by Crippen LogP contribution is -2.12. The molecule has 26 heavy (non-hydrogen) atoms. The summed E-state index contributed by atoms with van der Waals surface area (Å²) >= 11 is 0. The van der Waals surface area contributed by atoms with Gasteiger partial charge in [0.25, 0.3) is 5.91 Å². The third-order valence-electron chi connectivity index (χ3n) is 3.58. The molecule has 0 aliphatic heterocycles. The first-order chi connectivity index (χ1) is 12.5. The van der Waals surface area contributed by atoms with Crippen LogP contribution in [0.15, 0.2) is 48.9 Å². The van der Waals surface area contributed by atoms with Gasteiger partial charge in [-0.05, 0) is 30.3 Å². The van der Waals surface area contributed by atoms with Crippen molar-refractivity contribution in [2.24, 2.45) is 0 Å². The SMILES string of the molecule is O=Cc1ccc(F)c(C(=O)c2c[nH]c(C(=O)Nc3cccnc3)c2)c1F. The highest BCUT2D eigenvalue weighted by Crippen LogP contribution is 2.20. The molecular formula is C18H11F2N3O3. The van der Waals surface area contributed by atoms with Crippen LogP contribution >= 0.6 is 0 Å². The zero-order valence-corrected chi connectivity index (χ0v) is 13.1. The molecule has 1 amide bonds. The zero-order valence-electron chi connectivity index (χ0n) is 13.1. The molecule has 0 aliphatic rings. The van der Waals surface area contributed by atoms with E-state index in [1.165, 1.54) is 18.5 Å². The number of anilines is 1. The number of halogens is 2. The Labute approximate surface area is 145 Å². The van der Waals surface area contributed by atoms with Gasteiger partial charge in [0.15, 0.2) is 6.29 Å². The number of nitrogens with zero attached hydrogens (tertiary/aromatic N) is 1. The summed E-state index contributed by atoms with van der Waals surface area (Å²) in [5.74, 6) is -3.88. The Balaban J connectivity index is 1.87. The number of nitrogens with one attached hydrogen (secondary N) is 2. The second kappa shape index (κ2) is 7.06. The van der Waals surface area contributed by atoms with Gasteiger partial charge < -0.3 is 10.3 Å². The largest absolute Gasteiger partial charge is 0.356 e. The topological polar surface area (TPSA) is 91.9 Å². The van der Waals surface area contributed by atoms with Crippen molar-refractivity contribution in [3.63, 3.8) is 0 Å². The molecule has 2 N–H and O–H groups in total. The smallest absolute Gasteiger partial charge is 0.272 e. The monoisotopic (exact) mass is 355 g/mol. The Morgan fingerprint density at radius 3 is 2.69 bits per heavy atom. The highest BCUT2D eigenvalue weighted by atomic mass is 19.1. The Morgan fingerprint density at radius 2 is 2.00 bits per heavy atom. The number of carbonyl (C=O) groups excluding carboxylic acids is 3. The quantitative estimate of drug-likeness (QED) is 0.544. The number of amides is 1. The molecule has 0 unspecified atom stereocenters. The van der Waals surface area contributed by atoms with Crippen LogP contribution in [0.3, 0.4) is 0 Å². The molecule has 0 radical (unpaired) electrons. The van der Waals surface area contributed by atoms with Crippen molar-refractivity contribution in [3.05, 3.63) is 82.9 Å². The zero-order chi connectivity index (χ0) is 18.7. The van der Waals surface area contributed by atoms with E-state index in [4.69, 9.17) is 0 Å². The summed E-state index contributed by atoms with van der Waals surface area (Å²) in [5, 5.41) is 2.55. The van der Waals surface area contributed by atoms with Gasteiger partial charge in [-0.3, -0.25) is 19.4 Å². The standard InChI is InChI=1S/C18H11F2N3O3/c19-13-4-3-10(9-24)16(20)15(13)17(25)11-6-14(22-7-11)18(26)23-12-2-1-5-21-8-12/h1-9,22H,(H,23,26). The Morgan fingerprint density at radius 1 is 1.19 bits per heavy atom. The van der Waals surface area contributed by atoms with E-state index in [1.807, 2.05) is 0 Å². The predicted molar refractivity (Wildman–Crippen MR) is 88.2 cm³/mol. The molecule has 6 nitrogen and oxygen atoms in total. The third-order valence-corrected chi connectivity index (χ3v) is 3.58. The van der Waals surface area contributed by atoms with Crippen LogP contribution < -0.4 is 5.32 Å². The van der Waals surface area contributed by atoms with E-state index in [-0.39, 0.29) is 17.5 Å². The number of rotatable bonds is 5. The minimum Gasteiger partial charge on any atom is -0.356 e. The summed E-state index contributed by atoms with van der Waals surface area (Å²) in [6, 6.07) is 6.20. The van der Waals surface area contributed by atoms with Gasteiger partial charge in [-0.1, -0.05) is 0 Å². The maximum Gasteiger partial charge on any atom is 0.272 e. The first-order valence-corrected chi connectivity index (χ1v) is 7.39. The van der Waals surface area contributed by atoms with E-state index < -0.39 is 34.5 Å². The first kappa shape index (κ1) is 17.2. The third kappa shape index (κ3) is 3.25. The van der Waals surface area contributed by atoms with E-state index in [9.17, 15) is 23.2 Å². The summed E-state index contributed by atoms with van der Waals surface area (Å²) in [6.07, 6.45) is 4.32. The summed E-state index contributed by atoms with van der Waals surface area (Å²) in [4.78, 5) is 41.7. The van der Waals surface area contributed by atoms with E-state index in [0.717, 1.165) is 18.3 Å². The fraction of sp³-hybridized carbons (Fsp3) is 0. The van der Waals surface area contributed by atoms with Gasteiger partial charge in [0, 0.05) is 18.0 Å². The summed E-state index contributed by atoms with van der Waals surface area (Å²) in [6.45, 7) is 0. The molecule has 0 saturated carbocycles. The van der Waals surface area contributed by atoms with Gasteiger partial charge in [-0.15, -0.1) is 0 Å². The first-order valence-electron chi connectivity index (χ1n) is 7.39. The molecule has 2 heterocycles. The van der Waals surface area contributed by atoms with Crippen molar-refractivity contribution < 1.29 is 23.2 Å². The molecule has 1 aromatic carbocycles. The number of hydrogen-bond acceptors (Lipinski definition) is 4. The molecular weight excluding hydrogens is 344 g/mol. The molecule has 0 atom stereocenters. The number of aromatic nitrogens is 2. The van der Waals surface area contributed by atoms with Gasteiger partial charge >= 0.3 is 0 Å². The number of ketones is 1. The molecule has 0 fully saturated rings. The molecule has 0 aliphatic carbocycles. The number of aldehydes is 1. The van der Waals surface area contributed by atoms with Crippen molar-refractivity contribution in [2.45, 2.75) is 0 Å². The van der Waals surface area contributed by atoms with Gasteiger partial charge in [-0.25, -0.2) is 8.78 Å². The van der Waals surface area contributed by atoms with Crippen LogP contribution in [-0.2, 0) is 0 Å². The van der Waals surface area contributed by atoms with E-state index in [1.54, 1.807) is 12.1 Å². The highest BCUT2D eigenvalue weighted by molar-refractivity contribution is 6.12. The van der Waals surface area contributed by atoms with Crippen LogP contribution in [0, 0.1) is 11.6 Å². The Bertz CT molecular complexity index is 1000. The van der Waals surface area contributed by atoms with Crippen LogP contribution in [-0.4, -0.2) is 27.9 Å². The molecule has 0 bridgehead atoms. The van der Waals surface area contributed by atoms with Crippen molar-refractivity contribution in [1.29, 1.82) is 0 Å². The van der Waals surface area contributed by atoms with Crippen molar-refractivity contribution in [2.75, 3.05) is 5.32 Å². The van der Waals surface area contributed by atoms with Crippen LogP contribution in [0.2, 0.25) is 0 Å². The predicted octanol–water partition coefficient (Wildman–Crippen LogP) is 2.98. The van der Waals surface area contributed by atoms with Crippen LogP contribution in [0.5, 0.6) is 0 Å². The fourth-order valence-corrected chi connectivity index (χ4v) is 2.30. The van der Waals surface area contributed by atoms with Crippen molar-refractivity contribution >= 4 is 23.7 Å². The lowest BCUT2D eigenvalue weighted by atomic mass is 10.0. The molecule has 0 saturated heterocycles. The average Bonchev–Trinajstić information content (AvgIpc) is 3.13. The Kier molecular flexibility index (Phi) is 4.66. The highest BCUT2D eigenvalue weighted by Gasteiger charge is 2.23. The average molecular weight is 355 g/mol. The second-order valence-electron chi connectivity index (χ2n) is 5.27. The maximum absolute atomic E-state index is 14.1. The number of carbonyl (C=O) groups is 3. The van der Waals surface area contributed by atoms with E-state index in [0.29, 0.717) is 5.69 Å². The molecule has 3 rings (SSSR count). The number of hydrogen-bond donors (Lipinski definition) is 2. The molecule has 8 heteroatoms. The number of aromatic amines is 1.